The second-order valence-corrected chi connectivity index (χ2v) is 7.68. The number of hydrogen-bond donors (Lipinski definition) is 1. The molecule has 2 aromatic carbocycles. The number of nitriles is 1. The molecule has 0 aliphatic carbocycles. The van der Waals surface area contributed by atoms with Crippen molar-refractivity contribution in [3.8, 4) is 11.8 Å². The number of aromatic nitrogens is 3. The lowest BCUT2D eigenvalue weighted by Gasteiger charge is -2.01. The highest BCUT2D eigenvalue weighted by Crippen LogP contribution is 2.26. The van der Waals surface area contributed by atoms with E-state index in [9.17, 15) is 10.1 Å². The molecule has 0 unspecified atom stereocenters. The van der Waals surface area contributed by atoms with Crippen molar-refractivity contribution in [2.45, 2.75) is 6.92 Å². The Bertz CT molecular complexity index is 1600. The van der Waals surface area contributed by atoms with Crippen molar-refractivity contribution in [1.82, 2.24) is 14.4 Å². The monoisotopic (exact) mass is 489 g/mol. The molecule has 0 bridgehead atoms. The molecule has 1 amide bonds. The van der Waals surface area contributed by atoms with Crippen LogP contribution < -0.4 is 10.1 Å². The molecule has 7 heteroatoms. The number of carbonyl (C=O) groups excluding carboxylic acids is 1. The number of ether oxygens (including phenoxy) is 1. The van der Waals surface area contributed by atoms with Crippen molar-refractivity contribution in [2.24, 2.45) is 0 Å². The molecule has 5 aromatic rings. The lowest BCUT2D eigenvalue weighted by atomic mass is 10.2. The van der Waals surface area contributed by atoms with Crippen LogP contribution in [-0.2, 0) is 4.79 Å². The number of methoxy groups -OCH3 is 1. The molecule has 1 N–H and O–H groups in total. The maximum Gasteiger partial charge on any atom is 0.211 e. The predicted octanol–water partition coefficient (Wildman–Crippen LogP) is 6.39. The van der Waals surface area contributed by atoms with Crippen LogP contribution in [0, 0.1) is 18.3 Å². The first-order valence-electron chi connectivity index (χ1n) is 11.4. The summed E-state index contributed by atoms with van der Waals surface area (Å²) in [6, 6.07) is 21.2. The number of aryl methyl sites for hydroxylation is 1. The Morgan fingerprint density at radius 2 is 1.62 bits per heavy atom. The fourth-order valence-corrected chi connectivity index (χ4v) is 3.42. The third-order valence-corrected chi connectivity index (χ3v) is 5.20. The van der Waals surface area contributed by atoms with Gasteiger partial charge in [-0.15, -0.1) is 0 Å². The van der Waals surface area contributed by atoms with Crippen LogP contribution >= 0.6 is 0 Å². The summed E-state index contributed by atoms with van der Waals surface area (Å²) in [5, 5.41) is 12.1. The molecule has 0 aliphatic rings. The van der Waals surface area contributed by atoms with E-state index >= 15 is 0 Å². The normalized spacial score (nSPS) is 10.1. The molecule has 37 heavy (non-hydrogen) atoms. The van der Waals surface area contributed by atoms with Gasteiger partial charge in [0.05, 0.1) is 29.3 Å². The summed E-state index contributed by atoms with van der Waals surface area (Å²) < 4.78 is 6.75. The molecule has 7 nitrogen and oxygen atoms in total. The fourth-order valence-electron chi connectivity index (χ4n) is 3.42. The van der Waals surface area contributed by atoms with Gasteiger partial charge >= 0.3 is 0 Å². The highest BCUT2D eigenvalue weighted by molar-refractivity contribution is 5.95. The number of fused-ring (bicyclic) bond motifs is 4. The van der Waals surface area contributed by atoms with Crippen LogP contribution in [0.5, 0.6) is 5.75 Å². The smallest absolute Gasteiger partial charge is 0.211 e. The standard InChI is InChI=1S/C16H9N5O.C8H10O.C6H8/c17-7-11-14-6-5-10(18-9-22)8-21(14)16-15(11)19-12-3-1-2-4-13(12)20-16;1-7-3-5-8(9-2)6-4-7;1-3-5-6-4-2/h1-6,8-9H,(H,18,22);3-6H,1-2H3;3-6H,1-2H2/b;;6-5-. The minimum absolute atomic E-state index is 0.478. The first-order valence-corrected chi connectivity index (χ1v) is 11.4. The number of allylic oxidation sites excluding steroid dienone is 4. The van der Waals surface area contributed by atoms with Gasteiger partial charge in [0.2, 0.25) is 6.41 Å². The zero-order valence-electron chi connectivity index (χ0n) is 20.8. The quantitative estimate of drug-likeness (QED) is 0.228. The van der Waals surface area contributed by atoms with E-state index in [0.717, 1.165) is 16.8 Å². The third-order valence-electron chi connectivity index (χ3n) is 5.20. The molecule has 0 fully saturated rings. The first kappa shape index (κ1) is 26.4. The Morgan fingerprint density at radius 3 is 2.19 bits per heavy atom. The number of benzene rings is 2. The van der Waals surface area contributed by atoms with Crippen LogP contribution in [-0.4, -0.2) is 27.9 Å². The molecule has 0 radical (unpaired) electrons. The van der Waals surface area contributed by atoms with E-state index in [1.807, 2.05) is 60.7 Å². The van der Waals surface area contributed by atoms with Crippen molar-refractivity contribution < 1.29 is 9.53 Å². The van der Waals surface area contributed by atoms with Gasteiger partial charge in [0, 0.05) is 6.20 Å². The van der Waals surface area contributed by atoms with Crippen LogP contribution in [0.1, 0.15) is 11.1 Å². The van der Waals surface area contributed by atoms with Crippen LogP contribution in [0.15, 0.2) is 104 Å². The number of rotatable bonds is 5. The van der Waals surface area contributed by atoms with E-state index in [1.54, 1.807) is 42.0 Å². The molecule has 0 saturated carbocycles. The van der Waals surface area contributed by atoms with Crippen molar-refractivity contribution in [3.63, 3.8) is 0 Å². The number of para-hydroxylation sites is 2. The van der Waals surface area contributed by atoms with Gasteiger partial charge in [-0.25, -0.2) is 9.97 Å². The predicted molar refractivity (Wildman–Crippen MR) is 150 cm³/mol. The van der Waals surface area contributed by atoms with Crippen molar-refractivity contribution >= 4 is 39.8 Å². The summed E-state index contributed by atoms with van der Waals surface area (Å²) in [6.45, 7) is 8.98. The minimum atomic E-state index is 0.478. The van der Waals surface area contributed by atoms with E-state index in [2.05, 4.69) is 41.4 Å². The number of amides is 1. The summed E-state index contributed by atoms with van der Waals surface area (Å²) >= 11 is 0. The Kier molecular flexibility index (Phi) is 9.29. The second-order valence-electron chi connectivity index (χ2n) is 7.68. The molecule has 5 rings (SSSR count). The minimum Gasteiger partial charge on any atom is -0.497 e. The number of nitrogens with one attached hydrogen (secondary N) is 1. The van der Waals surface area contributed by atoms with E-state index in [-0.39, 0.29) is 0 Å². The molecular weight excluding hydrogens is 462 g/mol. The van der Waals surface area contributed by atoms with Crippen LogP contribution in [0.2, 0.25) is 0 Å². The second kappa shape index (κ2) is 13.0. The summed E-state index contributed by atoms with van der Waals surface area (Å²) in [5.41, 5.74) is 5.73. The van der Waals surface area contributed by atoms with E-state index in [1.165, 1.54) is 5.56 Å². The van der Waals surface area contributed by atoms with Gasteiger partial charge in [-0.1, -0.05) is 67.3 Å². The lowest BCUT2D eigenvalue weighted by Crippen LogP contribution is -1.96. The molecule has 184 valence electrons. The third kappa shape index (κ3) is 6.47. The Labute approximate surface area is 215 Å². The topological polar surface area (TPSA) is 92.3 Å². The Balaban J connectivity index is 0.000000210. The average molecular weight is 490 g/mol. The van der Waals surface area contributed by atoms with Crippen LogP contribution in [0.25, 0.3) is 27.7 Å². The SMILES string of the molecule is C=C/C=C\C=C.COc1ccc(C)cc1.N#Cc1c2nc3ccccc3nc2n2cc(NC=O)ccc12. The van der Waals surface area contributed by atoms with Crippen molar-refractivity contribution in [3.05, 3.63) is 115 Å². The van der Waals surface area contributed by atoms with E-state index in [0.29, 0.717) is 34.3 Å². The lowest BCUT2D eigenvalue weighted by molar-refractivity contribution is -0.105. The molecular formula is C30H27N5O2. The molecule has 0 spiro atoms. The molecule has 0 aliphatic heterocycles. The van der Waals surface area contributed by atoms with Gasteiger partial charge in [-0.2, -0.15) is 5.26 Å². The van der Waals surface area contributed by atoms with Gasteiger partial charge in [-0.3, -0.25) is 9.20 Å². The number of nitrogens with zero attached hydrogens (tertiary/aromatic N) is 4. The fraction of sp³-hybridized carbons (Fsp3) is 0.0667. The number of pyridine rings is 1. The molecule has 3 heterocycles. The van der Waals surface area contributed by atoms with Gasteiger partial charge in [0.25, 0.3) is 0 Å². The van der Waals surface area contributed by atoms with Gasteiger partial charge < -0.3 is 10.1 Å². The summed E-state index contributed by atoms with van der Waals surface area (Å²) in [5.74, 6) is 0.917. The maximum atomic E-state index is 10.6. The Morgan fingerprint density at radius 1 is 0.973 bits per heavy atom. The highest BCUT2D eigenvalue weighted by atomic mass is 16.5. The van der Waals surface area contributed by atoms with Crippen LogP contribution in [0.4, 0.5) is 5.69 Å². The number of carbonyl (C=O) groups is 1. The van der Waals surface area contributed by atoms with Gasteiger partial charge in [-0.05, 0) is 43.3 Å². The van der Waals surface area contributed by atoms with Crippen LogP contribution in [0.3, 0.4) is 0 Å². The Hall–Kier alpha value is -5.22. The molecule has 0 atom stereocenters. The number of anilines is 1. The zero-order chi connectivity index (χ0) is 26.6. The molecule has 0 saturated heterocycles. The zero-order valence-corrected chi connectivity index (χ0v) is 20.8. The van der Waals surface area contributed by atoms with Gasteiger partial charge in [0.15, 0.2) is 5.65 Å². The molecule has 3 aromatic heterocycles. The summed E-state index contributed by atoms with van der Waals surface area (Å²) in [6.07, 6.45) is 9.42. The van der Waals surface area contributed by atoms with E-state index < -0.39 is 0 Å². The van der Waals surface area contributed by atoms with E-state index in [4.69, 9.17) is 4.74 Å². The van der Waals surface area contributed by atoms with Crippen molar-refractivity contribution in [1.29, 1.82) is 5.26 Å². The summed E-state index contributed by atoms with van der Waals surface area (Å²) in [7, 11) is 1.67. The maximum absolute atomic E-state index is 10.6. The largest absolute Gasteiger partial charge is 0.497 e. The van der Waals surface area contributed by atoms with Gasteiger partial charge in [0.1, 0.15) is 22.9 Å². The average Bonchev–Trinajstić information content (AvgIpc) is 3.23. The highest BCUT2D eigenvalue weighted by Gasteiger charge is 2.15. The first-order chi connectivity index (χ1) is 18.1. The van der Waals surface area contributed by atoms with Crippen molar-refractivity contribution in [2.75, 3.05) is 12.4 Å². The summed E-state index contributed by atoms with van der Waals surface area (Å²) in [4.78, 5) is 19.8. The number of hydrogen-bond acceptors (Lipinski definition) is 5.